The molecule has 0 bridgehead atoms. The van der Waals surface area contributed by atoms with Gasteiger partial charge in [-0.15, -0.1) is 0 Å². The number of nitrogens with one attached hydrogen (secondary N) is 1. The van der Waals surface area contributed by atoms with Gasteiger partial charge < -0.3 is 14.7 Å². The molecule has 1 aromatic heterocycles. The molecule has 2 amide bonds. The number of sulfonamides is 1. The number of likely N-dealkylation sites (tertiary alicyclic amines) is 1. The Hall–Kier alpha value is -1.68. The molecule has 0 spiro atoms. The fourth-order valence-corrected chi connectivity index (χ4v) is 4.04. The normalized spacial score (nSPS) is 20.7. The van der Waals surface area contributed by atoms with Gasteiger partial charge in [0, 0.05) is 38.1 Å². The zero-order valence-corrected chi connectivity index (χ0v) is 15.6. The monoisotopic (exact) mass is 371 g/mol. The van der Waals surface area contributed by atoms with Crippen molar-refractivity contribution in [2.24, 2.45) is 0 Å². The van der Waals surface area contributed by atoms with Gasteiger partial charge in [-0.1, -0.05) is 5.16 Å². The Bertz CT molecular complexity index is 718. The maximum atomic E-state index is 11.9. The molecule has 2 saturated heterocycles. The van der Waals surface area contributed by atoms with Gasteiger partial charge in [-0.05, 0) is 26.7 Å². The summed E-state index contributed by atoms with van der Waals surface area (Å²) >= 11 is 0. The lowest BCUT2D eigenvalue weighted by molar-refractivity contribution is 0.135. The Kier molecular flexibility index (Phi) is 5.01. The molecular weight excluding hydrogens is 346 g/mol. The lowest BCUT2D eigenvalue weighted by Crippen LogP contribution is -2.53. The molecule has 140 valence electrons. The highest BCUT2D eigenvalue weighted by atomic mass is 32.2. The first-order valence-corrected chi connectivity index (χ1v) is 10.4. The maximum absolute atomic E-state index is 11.9. The molecule has 3 heterocycles. The smallest absolute Gasteiger partial charge is 0.317 e. The first kappa shape index (κ1) is 18.1. The number of hydrogen-bond donors (Lipinski definition) is 1. The Labute approximate surface area is 147 Å². The zero-order valence-electron chi connectivity index (χ0n) is 14.8. The second-order valence-electron chi connectivity index (χ2n) is 7.13. The zero-order chi connectivity index (χ0) is 18.2. The van der Waals surface area contributed by atoms with E-state index in [-0.39, 0.29) is 23.9 Å². The van der Waals surface area contributed by atoms with Crippen molar-refractivity contribution >= 4 is 16.1 Å². The van der Waals surface area contributed by atoms with E-state index in [1.165, 1.54) is 10.6 Å². The second kappa shape index (κ2) is 6.91. The molecule has 0 saturated carbocycles. The number of urea groups is 1. The number of hydrogen-bond acceptors (Lipinski definition) is 6. The predicted octanol–water partition coefficient (Wildman–Crippen LogP) is 0.726. The molecule has 2 fully saturated rings. The molecule has 0 aromatic carbocycles. The van der Waals surface area contributed by atoms with Gasteiger partial charge in [-0.3, -0.25) is 0 Å². The Balaban J connectivity index is 1.52. The summed E-state index contributed by atoms with van der Waals surface area (Å²) in [6.45, 7) is 5.97. The molecule has 1 aromatic rings. The largest absolute Gasteiger partial charge is 0.339 e. The van der Waals surface area contributed by atoms with Crippen molar-refractivity contribution in [3.63, 3.8) is 0 Å². The van der Waals surface area contributed by atoms with E-state index in [0.29, 0.717) is 50.7 Å². The van der Waals surface area contributed by atoms with Gasteiger partial charge in [0.15, 0.2) is 5.82 Å². The SMILES string of the molecule is CC(C)NC(=O)N1CC(c2nc(C3CCN(S(C)(=O)=O)CC3)no2)C1. The van der Waals surface area contributed by atoms with Crippen LogP contribution in [0.5, 0.6) is 0 Å². The van der Waals surface area contributed by atoms with E-state index in [0.717, 1.165) is 0 Å². The highest BCUT2D eigenvalue weighted by molar-refractivity contribution is 7.88. The minimum atomic E-state index is -3.13. The summed E-state index contributed by atoms with van der Waals surface area (Å²) in [4.78, 5) is 18.1. The third-order valence-corrected chi connectivity index (χ3v) is 5.98. The number of carbonyl (C=O) groups excluding carboxylic acids is 1. The van der Waals surface area contributed by atoms with Crippen molar-refractivity contribution in [2.75, 3.05) is 32.4 Å². The number of nitrogens with zero attached hydrogens (tertiary/aromatic N) is 4. The molecule has 0 unspecified atom stereocenters. The summed E-state index contributed by atoms with van der Waals surface area (Å²) in [5, 5.41) is 6.93. The summed E-state index contributed by atoms with van der Waals surface area (Å²) in [6, 6.07) is 0.0403. The fourth-order valence-electron chi connectivity index (χ4n) is 3.16. The van der Waals surface area contributed by atoms with Crippen LogP contribution in [-0.2, 0) is 10.0 Å². The van der Waals surface area contributed by atoms with E-state index in [9.17, 15) is 13.2 Å². The van der Waals surface area contributed by atoms with Crippen molar-refractivity contribution in [3.05, 3.63) is 11.7 Å². The van der Waals surface area contributed by atoms with Crippen molar-refractivity contribution in [2.45, 2.75) is 44.6 Å². The van der Waals surface area contributed by atoms with Crippen LogP contribution in [0, 0.1) is 0 Å². The van der Waals surface area contributed by atoms with Crippen molar-refractivity contribution in [1.82, 2.24) is 24.7 Å². The summed E-state index contributed by atoms with van der Waals surface area (Å²) in [5.74, 6) is 1.41. The van der Waals surface area contributed by atoms with Crippen LogP contribution in [0.1, 0.15) is 50.2 Å². The summed E-state index contributed by atoms with van der Waals surface area (Å²) < 4.78 is 30.0. The average Bonchev–Trinajstić information content (AvgIpc) is 2.93. The maximum Gasteiger partial charge on any atom is 0.317 e. The molecular formula is C15H25N5O4S. The lowest BCUT2D eigenvalue weighted by atomic mass is 9.97. The average molecular weight is 371 g/mol. The van der Waals surface area contributed by atoms with Gasteiger partial charge in [0.25, 0.3) is 0 Å². The van der Waals surface area contributed by atoms with Crippen LogP contribution in [-0.4, -0.2) is 72.3 Å². The molecule has 10 heteroatoms. The van der Waals surface area contributed by atoms with E-state index in [1.54, 1.807) is 4.90 Å². The molecule has 25 heavy (non-hydrogen) atoms. The van der Waals surface area contributed by atoms with Crippen LogP contribution in [0.15, 0.2) is 4.52 Å². The van der Waals surface area contributed by atoms with Crippen LogP contribution in [0.25, 0.3) is 0 Å². The number of amides is 2. The molecule has 2 aliphatic rings. The van der Waals surface area contributed by atoms with Crippen LogP contribution in [0.2, 0.25) is 0 Å². The van der Waals surface area contributed by atoms with E-state index in [1.807, 2.05) is 13.8 Å². The van der Waals surface area contributed by atoms with Gasteiger partial charge in [0.2, 0.25) is 15.9 Å². The first-order chi connectivity index (χ1) is 11.7. The van der Waals surface area contributed by atoms with Crippen molar-refractivity contribution in [3.8, 4) is 0 Å². The minimum Gasteiger partial charge on any atom is -0.339 e. The minimum absolute atomic E-state index is 0.0702. The summed E-state index contributed by atoms with van der Waals surface area (Å²) in [6.07, 6.45) is 2.62. The van der Waals surface area contributed by atoms with Crippen LogP contribution < -0.4 is 5.32 Å². The third-order valence-electron chi connectivity index (χ3n) is 4.68. The fraction of sp³-hybridized carbons (Fsp3) is 0.800. The van der Waals surface area contributed by atoms with Crippen molar-refractivity contribution < 1.29 is 17.7 Å². The van der Waals surface area contributed by atoms with Gasteiger partial charge in [0.1, 0.15) is 0 Å². The molecule has 0 radical (unpaired) electrons. The highest BCUT2D eigenvalue weighted by Crippen LogP contribution is 2.30. The van der Waals surface area contributed by atoms with Gasteiger partial charge >= 0.3 is 6.03 Å². The molecule has 0 atom stereocenters. The molecule has 9 nitrogen and oxygen atoms in total. The molecule has 1 N–H and O–H groups in total. The number of aromatic nitrogens is 2. The van der Waals surface area contributed by atoms with Gasteiger partial charge in [-0.25, -0.2) is 17.5 Å². The van der Waals surface area contributed by atoms with Gasteiger partial charge in [-0.2, -0.15) is 4.98 Å². The number of carbonyl (C=O) groups is 1. The van der Waals surface area contributed by atoms with Crippen LogP contribution >= 0.6 is 0 Å². The van der Waals surface area contributed by atoms with Crippen molar-refractivity contribution in [1.29, 1.82) is 0 Å². The van der Waals surface area contributed by atoms with E-state index in [4.69, 9.17) is 4.52 Å². The second-order valence-corrected chi connectivity index (χ2v) is 9.12. The quantitative estimate of drug-likeness (QED) is 0.836. The van der Waals surface area contributed by atoms with E-state index in [2.05, 4.69) is 15.5 Å². The standard InChI is InChI=1S/C15H25N5O4S/c1-10(2)16-15(21)19-8-12(9-19)14-17-13(18-24-14)11-4-6-20(7-5-11)25(3,22)23/h10-12H,4-9H2,1-3H3,(H,16,21). The Morgan fingerprint density at radius 2 is 1.88 bits per heavy atom. The first-order valence-electron chi connectivity index (χ1n) is 8.58. The van der Waals surface area contributed by atoms with E-state index < -0.39 is 10.0 Å². The van der Waals surface area contributed by atoms with E-state index >= 15 is 0 Å². The topological polar surface area (TPSA) is 109 Å². The third kappa shape index (κ3) is 4.12. The highest BCUT2D eigenvalue weighted by Gasteiger charge is 2.37. The summed E-state index contributed by atoms with van der Waals surface area (Å²) in [5.41, 5.74) is 0. The Morgan fingerprint density at radius 1 is 1.24 bits per heavy atom. The van der Waals surface area contributed by atoms with Crippen LogP contribution in [0.3, 0.4) is 0 Å². The van der Waals surface area contributed by atoms with Crippen LogP contribution in [0.4, 0.5) is 4.79 Å². The molecule has 3 rings (SSSR count). The summed E-state index contributed by atoms with van der Waals surface area (Å²) in [7, 11) is -3.13. The predicted molar refractivity (Wildman–Crippen MR) is 90.7 cm³/mol. The number of rotatable bonds is 4. The Morgan fingerprint density at radius 3 is 2.44 bits per heavy atom. The molecule has 0 aliphatic carbocycles. The molecule has 2 aliphatic heterocycles. The number of piperidine rings is 1. The van der Waals surface area contributed by atoms with Gasteiger partial charge in [0.05, 0.1) is 12.2 Å². The lowest BCUT2D eigenvalue weighted by Gasteiger charge is -2.37.